The Morgan fingerprint density at radius 1 is 1.15 bits per heavy atom. The van der Waals surface area contributed by atoms with Gasteiger partial charge in [-0.15, -0.1) is 0 Å². The number of rotatable bonds is 7. The predicted octanol–water partition coefficient (Wildman–Crippen LogP) is 4.46. The van der Waals surface area contributed by atoms with E-state index >= 15 is 0 Å². The molecule has 2 heterocycles. The Hall–Kier alpha value is -2.29. The van der Waals surface area contributed by atoms with Crippen molar-refractivity contribution in [3.05, 3.63) is 52.5 Å². The van der Waals surface area contributed by atoms with Crippen LogP contribution in [-0.4, -0.2) is 57.1 Å². The molecule has 0 aliphatic carbocycles. The van der Waals surface area contributed by atoms with Gasteiger partial charge in [0.1, 0.15) is 0 Å². The van der Waals surface area contributed by atoms with Crippen LogP contribution in [0.3, 0.4) is 0 Å². The van der Waals surface area contributed by atoms with Crippen LogP contribution in [0.4, 0.5) is 11.4 Å². The highest BCUT2D eigenvalue weighted by Crippen LogP contribution is 2.31. The molecule has 0 unspecified atom stereocenters. The number of carboxylic acids is 1. The molecule has 7 nitrogen and oxygen atoms in total. The number of nitrogens with zero attached hydrogens (tertiary/aromatic N) is 2. The van der Waals surface area contributed by atoms with Crippen molar-refractivity contribution >= 4 is 39.0 Å². The number of carbonyl (C=O) groups is 1. The molecule has 1 atom stereocenters. The number of hydrogen-bond donors (Lipinski definition) is 2. The zero-order chi connectivity index (χ0) is 23.6. The minimum absolute atomic E-state index is 0.0664. The third-order valence-corrected chi connectivity index (χ3v) is 8.50. The summed E-state index contributed by atoms with van der Waals surface area (Å²) in [5.41, 5.74) is 1.38. The zero-order valence-electron chi connectivity index (χ0n) is 18.8. The number of halogens is 1. The minimum Gasteiger partial charge on any atom is -0.478 e. The maximum Gasteiger partial charge on any atom is 0.337 e. The van der Waals surface area contributed by atoms with E-state index in [9.17, 15) is 18.3 Å². The minimum atomic E-state index is -3.92. The van der Waals surface area contributed by atoms with E-state index in [0.717, 1.165) is 45.6 Å². The van der Waals surface area contributed by atoms with Gasteiger partial charge in [0, 0.05) is 30.3 Å². The summed E-state index contributed by atoms with van der Waals surface area (Å²) in [6.45, 7) is 6.59. The molecule has 2 aliphatic heterocycles. The second-order valence-corrected chi connectivity index (χ2v) is 11.0. The first-order valence-electron chi connectivity index (χ1n) is 11.4. The van der Waals surface area contributed by atoms with Crippen molar-refractivity contribution in [1.82, 2.24) is 4.90 Å². The molecular formula is C24H30ClN3O4S. The number of carboxylic acid groups (broad SMARTS) is 1. The average molecular weight is 492 g/mol. The summed E-state index contributed by atoms with van der Waals surface area (Å²) >= 11 is 6.08. The van der Waals surface area contributed by atoms with Crippen molar-refractivity contribution in [1.29, 1.82) is 0 Å². The first-order valence-corrected chi connectivity index (χ1v) is 13.2. The maximum absolute atomic E-state index is 12.9. The molecular weight excluding hydrogens is 462 g/mol. The SMILES string of the molecule is Cc1c(Cl)cccc1S(=O)(=O)Nc1ccc(N2CCC[C@H](CN3CCCC3)C2)c(C(=O)O)c1. The largest absolute Gasteiger partial charge is 0.478 e. The van der Waals surface area contributed by atoms with Gasteiger partial charge >= 0.3 is 5.97 Å². The van der Waals surface area contributed by atoms with Crippen LogP contribution in [-0.2, 0) is 10.0 Å². The van der Waals surface area contributed by atoms with E-state index in [1.54, 1.807) is 31.2 Å². The molecule has 178 valence electrons. The summed E-state index contributed by atoms with van der Waals surface area (Å²) in [7, 11) is -3.92. The molecule has 0 saturated carbocycles. The van der Waals surface area contributed by atoms with E-state index in [1.807, 2.05) is 0 Å². The third-order valence-electron chi connectivity index (χ3n) is 6.56. The molecule has 2 aromatic carbocycles. The number of benzene rings is 2. The van der Waals surface area contributed by atoms with Crippen LogP contribution in [0.25, 0.3) is 0 Å². The van der Waals surface area contributed by atoms with Crippen LogP contribution in [0.2, 0.25) is 5.02 Å². The second kappa shape index (κ2) is 9.91. The molecule has 4 rings (SSSR count). The zero-order valence-corrected chi connectivity index (χ0v) is 20.3. The van der Waals surface area contributed by atoms with E-state index in [2.05, 4.69) is 14.5 Å². The maximum atomic E-state index is 12.9. The molecule has 0 aromatic heterocycles. The molecule has 2 N–H and O–H groups in total. The topological polar surface area (TPSA) is 90.0 Å². The molecule has 2 saturated heterocycles. The van der Waals surface area contributed by atoms with E-state index < -0.39 is 16.0 Å². The number of anilines is 2. The van der Waals surface area contributed by atoms with E-state index in [4.69, 9.17) is 11.6 Å². The van der Waals surface area contributed by atoms with Crippen LogP contribution in [0.5, 0.6) is 0 Å². The first kappa shape index (κ1) is 23.9. The molecule has 9 heteroatoms. The fraction of sp³-hybridized carbons (Fsp3) is 0.458. The summed E-state index contributed by atoms with van der Waals surface area (Å²) in [5.74, 6) is -0.575. The van der Waals surface area contributed by atoms with E-state index in [-0.39, 0.29) is 16.1 Å². The second-order valence-electron chi connectivity index (χ2n) is 8.97. The lowest BCUT2D eigenvalue weighted by molar-refractivity contribution is 0.0697. The average Bonchev–Trinajstić information content (AvgIpc) is 3.28. The van der Waals surface area contributed by atoms with Gasteiger partial charge in [-0.05, 0) is 87.5 Å². The standard InChI is InChI=1S/C24H30ClN3O4S/c1-17-21(25)7-4-8-23(17)33(31,32)26-19-9-10-22(20(14-19)24(29)30)28-13-5-6-18(16-28)15-27-11-2-3-12-27/h4,7-10,14,18,26H,2-3,5-6,11-13,15-16H2,1H3,(H,29,30)/t18-/m1/s1. The van der Waals surface area contributed by atoms with Gasteiger partial charge in [0.15, 0.2) is 0 Å². The van der Waals surface area contributed by atoms with E-state index in [1.165, 1.54) is 25.0 Å². The molecule has 33 heavy (non-hydrogen) atoms. The van der Waals surface area contributed by atoms with Crippen molar-refractivity contribution < 1.29 is 18.3 Å². The lowest BCUT2D eigenvalue weighted by Crippen LogP contribution is -2.41. The van der Waals surface area contributed by atoms with Gasteiger partial charge in [-0.2, -0.15) is 0 Å². The fourth-order valence-corrected chi connectivity index (χ4v) is 6.45. The summed E-state index contributed by atoms with van der Waals surface area (Å²) < 4.78 is 28.3. The molecule has 2 fully saturated rings. The van der Waals surface area contributed by atoms with Crippen molar-refractivity contribution in [3.63, 3.8) is 0 Å². The van der Waals surface area contributed by atoms with Gasteiger partial charge in [-0.3, -0.25) is 4.72 Å². The normalized spacial score (nSPS) is 19.6. The summed E-state index contributed by atoms with van der Waals surface area (Å²) in [6, 6.07) is 9.42. The van der Waals surface area contributed by atoms with Gasteiger partial charge in [-0.25, -0.2) is 13.2 Å². The Balaban J connectivity index is 1.55. The third kappa shape index (κ3) is 5.45. The number of aromatic carboxylic acids is 1. The van der Waals surface area contributed by atoms with Gasteiger partial charge in [0.05, 0.1) is 16.1 Å². The summed E-state index contributed by atoms with van der Waals surface area (Å²) in [6.07, 6.45) is 4.67. The van der Waals surface area contributed by atoms with Gasteiger partial charge in [-0.1, -0.05) is 17.7 Å². The van der Waals surface area contributed by atoms with Crippen molar-refractivity contribution in [2.75, 3.05) is 42.3 Å². The molecule has 0 spiro atoms. The quantitative estimate of drug-likeness (QED) is 0.594. The lowest BCUT2D eigenvalue weighted by Gasteiger charge is -2.36. The van der Waals surface area contributed by atoms with Crippen molar-refractivity contribution in [2.45, 2.75) is 37.5 Å². The smallest absolute Gasteiger partial charge is 0.337 e. The number of hydrogen-bond acceptors (Lipinski definition) is 5. The van der Waals surface area contributed by atoms with Crippen molar-refractivity contribution in [3.8, 4) is 0 Å². The Morgan fingerprint density at radius 2 is 1.91 bits per heavy atom. The molecule has 2 aromatic rings. The number of likely N-dealkylation sites (tertiary alicyclic amines) is 1. The lowest BCUT2D eigenvalue weighted by atomic mass is 9.96. The van der Waals surface area contributed by atoms with Crippen LogP contribution in [0, 0.1) is 12.8 Å². The number of sulfonamides is 1. The Kier molecular flexibility index (Phi) is 7.16. The first-order chi connectivity index (χ1) is 15.7. The summed E-state index contributed by atoms with van der Waals surface area (Å²) in [5, 5.41) is 10.2. The fourth-order valence-electron chi connectivity index (χ4n) is 4.90. The highest BCUT2D eigenvalue weighted by atomic mass is 35.5. The Morgan fingerprint density at radius 3 is 2.64 bits per heavy atom. The Bertz CT molecular complexity index is 1130. The van der Waals surface area contributed by atoms with Crippen LogP contribution in [0.1, 0.15) is 41.6 Å². The number of piperidine rings is 1. The van der Waals surface area contributed by atoms with Gasteiger partial charge in [0.25, 0.3) is 10.0 Å². The van der Waals surface area contributed by atoms with Gasteiger partial charge in [0.2, 0.25) is 0 Å². The van der Waals surface area contributed by atoms with E-state index in [0.29, 0.717) is 22.2 Å². The number of nitrogens with one attached hydrogen (secondary N) is 1. The monoisotopic (exact) mass is 491 g/mol. The van der Waals surface area contributed by atoms with Crippen LogP contribution < -0.4 is 9.62 Å². The van der Waals surface area contributed by atoms with Crippen molar-refractivity contribution in [2.24, 2.45) is 5.92 Å². The molecule has 0 amide bonds. The summed E-state index contributed by atoms with van der Waals surface area (Å²) in [4.78, 5) is 16.8. The highest BCUT2D eigenvalue weighted by molar-refractivity contribution is 7.92. The molecule has 0 radical (unpaired) electrons. The predicted molar refractivity (Wildman–Crippen MR) is 131 cm³/mol. The van der Waals surface area contributed by atoms with Crippen LogP contribution >= 0.6 is 11.6 Å². The highest BCUT2D eigenvalue weighted by Gasteiger charge is 2.27. The van der Waals surface area contributed by atoms with Crippen LogP contribution in [0.15, 0.2) is 41.3 Å². The Labute approximate surface area is 200 Å². The van der Waals surface area contributed by atoms with Gasteiger partial charge < -0.3 is 14.9 Å². The molecule has 0 bridgehead atoms. The molecule has 2 aliphatic rings.